The van der Waals surface area contributed by atoms with Gasteiger partial charge in [-0.3, -0.25) is 9.55 Å². The number of aromatic nitrogens is 3. The molecule has 1 N–H and O–H groups in total. The average Bonchev–Trinajstić information content (AvgIpc) is 1.31. The molecular weight excluding hydrogens is 950 g/mol. The number of pyridine rings is 1. The van der Waals surface area contributed by atoms with Gasteiger partial charge in [0.2, 0.25) is 0 Å². The van der Waals surface area contributed by atoms with Crippen molar-refractivity contribution in [1.29, 1.82) is 0 Å². The molecule has 0 radical (unpaired) electrons. The maximum atomic E-state index is 13.1. The van der Waals surface area contributed by atoms with Gasteiger partial charge in [0.05, 0.1) is 25.0 Å². The van der Waals surface area contributed by atoms with Gasteiger partial charge in [-0.25, -0.2) is 4.98 Å². The largest absolute Gasteiger partial charge is 0.507 e. The normalized spacial score (nSPS) is 18.3. The minimum absolute atomic E-state index is 0. The molecule has 4 nitrogen and oxygen atoms in total. The van der Waals surface area contributed by atoms with Gasteiger partial charge in [-0.2, -0.15) is 0 Å². The van der Waals surface area contributed by atoms with E-state index in [0.717, 1.165) is 22.3 Å². The molecule has 0 amide bonds. The first kappa shape index (κ1) is 26.3. The molecule has 8 aromatic rings. The summed E-state index contributed by atoms with van der Waals surface area (Å²) in [4.78, 5) is 9.71. The number of benzene rings is 6. The number of phenols is 1. The smallest absolute Gasteiger partial charge is 0.148 e. The Balaban J connectivity index is 0.00000990. The van der Waals surface area contributed by atoms with Crippen LogP contribution in [0, 0.1) is 6.07 Å². The summed E-state index contributed by atoms with van der Waals surface area (Å²) in [5.74, 6) is -2.36. The first-order chi connectivity index (χ1) is 37.5. The van der Waals surface area contributed by atoms with E-state index in [4.69, 9.17) is 29.7 Å². The molecule has 0 spiro atoms. The third-order valence-corrected chi connectivity index (χ3v) is 11.0. The Hall–Kier alpha value is -5.57. The minimum Gasteiger partial charge on any atom is -0.507 e. The summed E-state index contributed by atoms with van der Waals surface area (Å²) in [6.07, 6.45) is 1.67. The second kappa shape index (κ2) is 16.9. The van der Waals surface area contributed by atoms with Crippen LogP contribution in [0.15, 0.2) is 140 Å². The Kier molecular flexibility index (Phi) is 7.03. The van der Waals surface area contributed by atoms with Crippen LogP contribution in [0.4, 0.5) is 0 Å². The van der Waals surface area contributed by atoms with Gasteiger partial charge in [-0.15, -0.1) is 29.8 Å². The fourth-order valence-corrected chi connectivity index (χ4v) is 7.62. The molecule has 0 saturated heterocycles. The Labute approximate surface area is 417 Å². The fraction of sp³-hybridized carbons (Fsp3) is 0.276. The van der Waals surface area contributed by atoms with Gasteiger partial charge in [0.15, 0.2) is 0 Å². The van der Waals surface area contributed by atoms with Crippen molar-refractivity contribution in [3.8, 4) is 67.5 Å². The van der Waals surface area contributed by atoms with Gasteiger partial charge in [-0.05, 0) is 85.3 Å². The monoisotopic (exact) mass is 1030 g/mol. The topological polar surface area (TPSA) is 50.9 Å². The molecular formula is C58H60N3OPt-. The van der Waals surface area contributed by atoms with Crippen molar-refractivity contribution in [3.63, 3.8) is 0 Å². The van der Waals surface area contributed by atoms with E-state index in [0.29, 0.717) is 33.5 Å². The first-order valence-corrected chi connectivity index (χ1v) is 20.2. The van der Waals surface area contributed by atoms with Crippen LogP contribution < -0.4 is 0 Å². The zero-order valence-electron chi connectivity index (χ0n) is 55.7. The van der Waals surface area contributed by atoms with Crippen LogP contribution >= 0.6 is 0 Å². The maximum absolute atomic E-state index is 13.1. The fourth-order valence-electron chi connectivity index (χ4n) is 7.62. The van der Waals surface area contributed by atoms with Crippen LogP contribution in [0.3, 0.4) is 0 Å². The van der Waals surface area contributed by atoms with Crippen LogP contribution in [0.5, 0.6) is 5.75 Å². The first-order valence-electron chi connectivity index (χ1n) is 30.2. The molecule has 324 valence electrons. The number of hydrogen-bond donors (Lipinski definition) is 1. The van der Waals surface area contributed by atoms with E-state index >= 15 is 0 Å². The van der Waals surface area contributed by atoms with E-state index in [1.165, 1.54) is 4.57 Å². The molecule has 63 heavy (non-hydrogen) atoms. The third kappa shape index (κ3) is 9.11. The summed E-state index contributed by atoms with van der Waals surface area (Å²) in [7, 11) is 0. The van der Waals surface area contributed by atoms with Gasteiger partial charge < -0.3 is 5.11 Å². The summed E-state index contributed by atoms with van der Waals surface area (Å²) in [6.45, 7) is -13.6. The second-order valence-electron chi connectivity index (χ2n) is 17.8. The number of hydrogen-bond acceptors (Lipinski definition) is 3. The van der Waals surface area contributed by atoms with Crippen LogP contribution in [-0.4, -0.2) is 19.6 Å². The van der Waals surface area contributed by atoms with E-state index in [2.05, 4.69) is 44.0 Å². The molecule has 8 rings (SSSR count). The van der Waals surface area contributed by atoms with Crippen molar-refractivity contribution in [1.82, 2.24) is 14.5 Å². The molecule has 0 atom stereocenters. The molecule has 0 aliphatic heterocycles. The molecule has 0 unspecified atom stereocenters. The maximum Gasteiger partial charge on any atom is 0.148 e. The van der Waals surface area contributed by atoms with Crippen molar-refractivity contribution < 1.29 is 53.6 Å². The quantitative estimate of drug-likeness (QED) is 0.169. The SMILES string of the molecule is [2H]c1c(-c2nc3c(-c4[c-]c(-c5cc(-c6ccc(C(C)(C)C)cc6)ccn5)ccc4)cccc3n2-c2ccc(C(C)(C)C)cc2-c2ccccc2)c(O)c(C(C([2H])([2H])[2H])(C([2H])([2H])[2H])C([2H])([2H])[2H])c([2H])c1C(C([2H])([2H])[2H])(C([2H])([2H])[2H])C([2H])([2H])[2H].[Pt]. The molecule has 0 aliphatic rings. The summed E-state index contributed by atoms with van der Waals surface area (Å²) >= 11 is 0. The molecule has 0 bridgehead atoms. The van der Waals surface area contributed by atoms with Crippen molar-refractivity contribution in [3.05, 3.63) is 168 Å². The van der Waals surface area contributed by atoms with Gasteiger partial charge in [0.1, 0.15) is 11.6 Å². The standard InChI is InChI=1S/C58H60N3O.Pt/c1-55(2,3)42-26-24-37(25-27-42)39-30-31-59-49(33-39)41-21-16-20-40(32-41)45-22-17-23-51-52(45)60-54(47-35-44(57(7,8)9)36-48(53(47)62)58(10,11)12)61(51)50-29-28-43(56(4,5)6)34-46(50)38-18-14-13-15-19-38;/h13-31,33-36,62H,1-12H3;/q-1;/i7D3,8D3,9D3,10D3,11D3,12D3,35D,36D;. The van der Waals surface area contributed by atoms with Gasteiger partial charge >= 0.3 is 0 Å². The summed E-state index contributed by atoms with van der Waals surface area (Å²) in [5, 5.41) is 13.1. The van der Waals surface area contributed by atoms with Gasteiger partial charge in [0, 0.05) is 68.8 Å². The van der Waals surface area contributed by atoms with Crippen LogP contribution in [0.25, 0.3) is 72.7 Å². The second-order valence-corrected chi connectivity index (χ2v) is 17.8. The Morgan fingerprint density at radius 3 is 1.92 bits per heavy atom. The van der Waals surface area contributed by atoms with Crippen molar-refractivity contribution in [2.45, 2.75) is 104 Å². The van der Waals surface area contributed by atoms with Crippen molar-refractivity contribution >= 4 is 11.0 Å². The van der Waals surface area contributed by atoms with E-state index in [1.54, 1.807) is 85.1 Å². The molecule has 5 heteroatoms. The third-order valence-electron chi connectivity index (χ3n) is 11.0. The predicted octanol–water partition coefficient (Wildman–Crippen LogP) is 15.4. The Morgan fingerprint density at radius 2 is 1.24 bits per heavy atom. The van der Waals surface area contributed by atoms with Crippen molar-refractivity contribution in [2.75, 3.05) is 0 Å². The molecule has 2 aromatic heterocycles. The number of fused-ring (bicyclic) bond motifs is 1. The summed E-state index contributed by atoms with van der Waals surface area (Å²) in [6, 6.07) is 36.3. The van der Waals surface area contributed by atoms with Crippen molar-refractivity contribution in [2.24, 2.45) is 0 Å². The molecule has 6 aromatic carbocycles. The van der Waals surface area contributed by atoms with E-state index in [1.807, 2.05) is 51.1 Å². The number of nitrogens with zero attached hydrogens (tertiary/aromatic N) is 3. The zero-order chi connectivity index (χ0) is 61.1. The van der Waals surface area contributed by atoms with Gasteiger partial charge in [0.25, 0.3) is 0 Å². The zero-order valence-corrected chi connectivity index (χ0v) is 38.0. The average molecular weight is 1030 g/mol. The van der Waals surface area contributed by atoms with E-state index in [9.17, 15) is 7.85 Å². The van der Waals surface area contributed by atoms with Crippen LogP contribution in [0.1, 0.15) is 132 Å². The van der Waals surface area contributed by atoms with Crippen LogP contribution in [-0.2, 0) is 42.7 Å². The number of rotatable bonds is 6. The van der Waals surface area contributed by atoms with E-state index < -0.39 is 97.7 Å². The Bertz CT molecular complexity index is 3580. The molecule has 0 saturated carbocycles. The summed E-state index contributed by atoms with van der Waals surface area (Å²) in [5.41, 5.74) is -7.29. The van der Waals surface area contributed by atoms with Gasteiger partial charge in [-0.1, -0.05) is 179 Å². The summed E-state index contributed by atoms with van der Waals surface area (Å²) < 4.78 is 179. The number of phenolic OH excluding ortho intramolecular Hbond substituents is 1. The van der Waals surface area contributed by atoms with Crippen LogP contribution in [0.2, 0.25) is 0 Å². The molecule has 0 aliphatic carbocycles. The Morgan fingerprint density at radius 1 is 0.571 bits per heavy atom. The molecule has 2 heterocycles. The van der Waals surface area contributed by atoms with E-state index in [-0.39, 0.29) is 43.2 Å². The molecule has 0 fully saturated rings. The number of aromatic hydroxyl groups is 1. The number of para-hydroxylation sites is 1. The number of imidazole rings is 1. The predicted molar refractivity (Wildman–Crippen MR) is 261 cm³/mol. The minimum atomic E-state index is -4.42.